The van der Waals surface area contributed by atoms with Gasteiger partial charge in [0.25, 0.3) is 6.43 Å². The van der Waals surface area contributed by atoms with Gasteiger partial charge in [0.05, 0.1) is 17.4 Å². The largest absolute Gasteiger partial charge is 0.364 e. The van der Waals surface area contributed by atoms with Crippen molar-refractivity contribution >= 4 is 32.6 Å². The Hall–Kier alpha value is -2.22. The first-order valence-electron chi connectivity index (χ1n) is 11.2. The Balaban J connectivity index is 1.69. The first-order valence-corrected chi connectivity index (χ1v) is 13.5. The second-order valence-corrected chi connectivity index (χ2v) is 12.3. The lowest BCUT2D eigenvalue weighted by Gasteiger charge is -2.43. The molecule has 0 spiro atoms. The number of hydrogen-bond acceptors (Lipinski definition) is 8. The molecule has 2 aliphatic rings. The molecule has 3 atom stereocenters. The summed E-state index contributed by atoms with van der Waals surface area (Å²) >= 11 is 0.745. The molecule has 0 aromatic carbocycles. The SMILES string of the molecule is C[C@@H]1CN(c2cc(S(=O)(=O)NC3(C)CC3)cn3c(-c4nnc(C(F)F)s4)ncc23)[C@H](C)[C@H](C)N1. The van der Waals surface area contributed by atoms with Crippen molar-refractivity contribution in [1.82, 2.24) is 29.6 Å². The molecule has 4 heterocycles. The average Bonchev–Trinajstić information content (AvgIpc) is 3.17. The predicted octanol–water partition coefficient (Wildman–Crippen LogP) is 3.20. The summed E-state index contributed by atoms with van der Waals surface area (Å²) in [6.07, 6.45) is 1.94. The zero-order valence-electron chi connectivity index (χ0n) is 19.3. The number of halogens is 2. The molecular formula is C21H27F2N7O2S2. The highest BCUT2D eigenvalue weighted by Crippen LogP contribution is 2.38. The van der Waals surface area contributed by atoms with E-state index in [1.54, 1.807) is 16.7 Å². The molecule has 2 N–H and O–H groups in total. The van der Waals surface area contributed by atoms with Gasteiger partial charge in [-0.1, -0.05) is 11.3 Å². The van der Waals surface area contributed by atoms with Crippen LogP contribution in [0.25, 0.3) is 16.3 Å². The van der Waals surface area contributed by atoms with E-state index in [1.807, 2.05) is 6.92 Å². The van der Waals surface area contributed by atoms with Crippen LogP contribution in [0.3, 0.4) is 0 Å². The van der Waals surface area contributed by atoms with Gasteiger partial charge in [-0.25, -0.2) is 26.9 Å². The van der Waals surface area contributed by atoms with Gasteiger partial charge in [-0.15, -0.1) is 10.2 Å². The van der Waals surface area contributed by atoms with Gasteiger partial charge in [-0.3, -0.25) is 4.40 Å². The number of piperazine rings is 1. The van der Waals surface area contributed by atoms with E-state index in [9.17, 15) is 17.2 Å². The van der Waals surface area contributed by atoms with E-state index in [0.29, 0.717) is 17.7 Å². The molecule has 0 radical (unpaired) electrons. The van der Waals surface area contributed by atoms with E-state index in [1.165, 1.54) is 6.20 Å². The van der Waals surface area contributed by atoms with E-state index < -0.39 is 27.0 Å². The van der Waals surface area contributed by atoms with Crippen LogP contribution in [-0.2, 0) is 10.0 Å². The third kappa shape index (κ3) is 4.18. The first kappa shape index (κ1) is 23.5. The maximum absolute atomic E-state index is 13.3. The van der Waals surface area contributed by atoms with Crippen molar-refractivity contribution in [3.05, 3.63) is 23.5 Å². The standard InChI is InChI=1S/C21H27F2N7O2S2/c1-11-9-29(13(3)12(2)25-11)15-7-14(34(31,32)28-21(4)5-6-21)10-30-16(15)8-24-18(30)20-27-26-19(33-20)17(22)23/h7-8,10-13,17,25,28H,5-6,9H2,1-4H3/t11-,12+,13-/m1/s1. The monoisotopic (exact) mass is 511 g/mol. The second-order valence-electron chi connectivity index (χ2n) is 9.56. The smallest absolute Gasteiger partial charge is 0.291 e. The number of hydrogen-bond donors (Lipinski definition) is 2. The van der Waals surface area contributed by atoms with Crippen molar-refractivity contribution < 1.29 is 17.2 Å². The predicted molar refractivity (Wildman–Crippen MR) is 126 cm³/mol. The zero-order chi connectivity index (χ0) is 24.4. The quantitative estimate of drug-likeness (QED) is 0.524. The Kier molecular flexibility index (Phi) is 5.66. The maximum atomic E-state index is 13.3. The molecule has 0 unspecified atom stereocenters. The summed E-state index contributed by atoms with van der Waals surface area (Å²) in [6, 6.07) is 2.12. The Bertz CT molecular complexity index is 1340. The van der Waals surface area contributed by atoms with Gasteiger partial charge in [-0.05, 0) is 46.6 Å². The summed E-state index contributed by atoms with van der Waals surface area (Å²) in [6.45, 7) is 8.81. The number of anilines is 1. The second kappa shape index (κ2) is 8.18. The summed E-state index contributed by atoms with van der Waals surface area (Å²) in [4.78, 5) is 6.70. The molecule has 1 saturated carbocycles. The van der Waals surface area contributed by atoms with E-state index in [4.69, 9.17) is 0 Å². The van der Waals surface area contributed by atoms with Gasteiger partial charge < -0.3 is 10.2 Å². The minimum absolute atomic E-state index is 0.0807. The number of imidazole rings is 1. The van der Waals surface area contributed by atoms with Gasteiger partial charge in [0.15, 0.2) is 15.8 Å². The van der Waals surface area contributed by atoms with Crippen molar-refractivity contribution in [1.29, 1.82) is 0 Å². The first-order chi connectivity index (χ1) is 16.0. The fourth-order valence-corrected chi connectivity index (χ4v) is 6.54. The summed E-state index contributed by atoms with van der Waals surface area (Å²) < 4.78 is 57.4. The zero-order valence-corrected chi connectivity index (χ0v) is 20.9. The van der Waals surface area contributed by atoms with Gasteiger partial charge >= 0.3 is 0 Å². The molecule has 5 rings (SSSR count). The lowest BCUT2D eigenvalue weighted by atomic mass is 10.0. The van der Waals surface area contributed by atoms with Crippen molar-refractivity contribution in [2.24, 2.45) is 0 Å². The van der Waals surface area contributed by atoms with Crippen LogP contribution in [0.15, 0.2) is 23.4 Å². The Morgan fingerprint density at radius 2 is 2.00 bits per heavy atom. The van der Waals surface area contributed by atoms with Crippen molar-refractivity contribution in [2.75, 3.05) is 11.4 Å². The molecule has 184 valence electrons. The van der Waals surface area contributed by atoms with E-state index >= 15 is 0 Å². The highest BCUT2D eigenvalue weighted by Gasteiger charge is 2.42. The molecule has 2 fully saturated rings. The summed E-state index contributed by atoms with van der Waals surface area (Å²) in [5.41, 5.74) is 0.949. The van der Waals surface area contributed by atoms with E-state index in [-0.39, 0.29) is 33.9 Å². The lowest BCUT2D eigenvalue weighted by molar-refractivity contribution is 0.150. The molecule has 0 amide bonds. The van der Waals surface area contributed by atoms with Crippen LogP contribution >= 0.6 is 11.3 Å². The Morgan fingerprint density at radius 3 is 2.65 bits per heavy atom. The summed E-state index contributed by atoms with van der Waals surface area (Å²) in [7, 11) is -3.83. The average molecular weight is 512 g/mol. The molecule has 3 aromatic rings. The number of rotatable bonds is 6. The van der Waals surface area contributed by atoms with Crippen LogP contribution in [0.4, 0.5) is 14.5 Å². The highest BCUT2D eigenvalue weighted by atomic mass is 32.2. The number of nitrogens with zero attached hydrogens (tertiary/aromatic N) is 5. The molecule has 34 heavy (non-hydrogen) atoms. The van der Waals surface area contributed by atoms with Crippen LogP contribution in [0.5, 0.6) is 0 Å². The fraction of sp³-hybridized carbons (Fsp3) is 0.571. The van der Waals surface area contributed by atoms with Crippen molar-refractivity contribution in [3.8, 4) is 10.8 Å². The van der Waals surface area contributed by atoms with Gasteiger partial charge in [0, 0.05) is 36.4 Å². The summed E-state index contributed by atoms with van der Waals surface area (Å²) in [5.74, 6) is 0.277. The topological polar surface area (TPSA) is 105 Å². The van der Waals surface area contributed by atoms with Gasteiger partial charge in [-0.2, -0.15) is 0 Å². The molecular weight excluding hydrogens is 484 g/mol. The fourth-order valence-electron chi connectivity index (χ4n) is 4.37. The molecule has 1 aliphatic heterocycles. The lowest BCUT2D eigenvalue weighted by Crippen LogP contribution is -2.59. The van der Waals surface area contributed by atoms with Crippen LogP contribution in [0.2, 0.25) is 0 Å². The number of nitrogens with one attached hydrogen (secondary N) is 2. The summed E-state index contributed by atoms with van der Waals surface area (Å²) in [5, 5.41) is 10.8. The number of alkyl halides is 2. The number of aromatic nitrogens is 4. The Labute approximate surface area is 200 Å². The minimum Gasteiger partial charge on any atom is -0.364 e. The van der Waals surface area contributed by atoms with Crippen LogP contribution in [0.1, 0.15) is 52.0 Å². The van der Waals surface area contributed by atoms with E-state index in [0.717, 1.165) is 24.2 Å². The van der Waals surface area contributed by atoms with Crippen LogP contribution in [0, 0.1) is 0 Å². The van der Waals surface area contributed by atoms with Gasteiger partial charge in [0.1, 0.15) is 4.90 Å². The molecule has 0 bridgehead atoms. The normalized spacial score (nSPS) is 24.8. The van der Waals surface area contributed by atoms with E-state index in [2.05, 4.69) is 50.9 Å². The molecule has 1 saturated heterocycles. The van der Waals surface area contributed by atoms with Gasteiger partial charge in [0.2, 0.25) is 10.0 Å². The molecule has 3 aromatic heterocycles. The maximum Gasteiger partial charge on any atom is 0.291 e. The van der Waals surface area contributed by atoms with Crippen LogP contribution in [-0.4, -0.2) is 58.2 Å². The molecule has 13 heteroatoms. The third-order valence-electron chi connectivity index (χ3n) is 6.65. The third-order valence-corrected chi connectivity index (χ3v) is 9.18. The molecule has 9 nitrogen and oxygen atoms in total. The minimum atomic E-state index is -3.83. The van der Waals surface area contributed by atoms with Crippen molar-refractivity contribution in [2.45, 2.75) is 75.5 Å². The highest BCUT2D eigenvalue weighted by molar-refractivity contribution is 7.89. The van der Waals surface area contributed by atoms with Crippen LogP contribution < -0.4 is 14.9 Å². The van der Waals surface area contributed by atoms with Crippen molar-refractivity contribution in [3.63, 3.8) is 0 Å². The number of pyridine rings is 1. The number of fused-ring (bicyclic) bond motifs is 1. The molecule has 1 aliphatic carbocycles. The number of sulfonamides is 1. The Morgan fingerprint density at radius 1 is 1.26 bits per heavy atom.